The molecule has 6 N–H and O–H groups in total. The second kappa shape index (κ2) is 24.8. The van der Waals surface area contributed by atoms with Crippen molar-refractivity contribution in [2.45, 2.75) is 98.4 Å². The molecular formula is C46H56Cl2N6O10S2. The number of ether oxygens (including phenoxy) is 2. The number of amides is 6. The van der Waals surface area contributed by atoms with E-state index in [0.29, 0.717) is 32.7 Å². The van der Waals surface area contributed by atoms with Crippen molar-refractivity contribution >= 4 is 67.1 Å². The summed E-state index contributed by atoms with van der Waals surface area (Å²) in [5, 5.41) is 9.11. The van der Waals surface area contributed by atoms with Crippen LogP contribution in [-0.2, 0) is 32.9 Å². The molecule has 2 saturated carbocycles. The zero-order chi connectivity index (χ0) is 66.5. The molecule has 6 amide bonds. The Morgan fingerprint density at radius 2 is 0.985 bits per heavy atom. The van der Waals surface area contributed by atoms with Gasteiger partial charge in [-0.1, -0.05) is 85.7 Å². The van der Waals surface area contributed by atoms with Crippen molar-refractivity contribution in [3.8, 4) is 11.5 Å². The van der Waals surface area contributed by atoms with Crippen LogP contribution in [0.3, 0.4) is 0 Å². The van der Waals surface area contributed by atoms with E-state index in [-0.39, 0.29) is 37.1 Å². The molecule has 0 aromatic heterocycles. The van der Waals surface area contributed by atoms with Crippen molar-refractivity contribution in [1.82, 2.24) is 30.7 Å². The van der Waals surface area contributed by atoms with E-state index in [1.807, 2.05) is 0 Å². The first-order valence-electron chi connectivity index (χ1n) is 29.6. The summed E-state index contributed by atoms with van der Waals surface area (Å²) in [7, 11) is -6.57. The highest BCUT2D eigenvalue weighted by atomic mass is 35.5. The molecule has 20 heteroatoms. The molecule has 0 atom stereocenters. The maximum absolute atomic E-state index is 12.8. The molecule has 4 aromatic rings. The van der Waals surface area contributed by atoms with Crippen LogP contribution in [0.1, 0.15) is 124 Å². The molecule has 2 aliphatic carbocycles. The number of benzene rings is 4. The molecule has 0 spiro atoms. The van der Waals surface area contributed by atoms with E-state index < -0.39 is 130 Å². The van der Waals surface area contributed by atoms with Crippen molar-refractivity contribution in [3.05, 3.63) is 117 Å². The highest BCUT2D eigenvalue weighted by Crippen LogP contribution is 2.24. The summed E-state index contributed by atoms with van der Waals surface area (Å²) >= 11 is 11.9. The topological polar surface area (TPSA) is 227 Å². The average molecular weight is 1010 g/mol. The fraction of sp³-hybridized carbons (Fsp3) is 0.391. The molecule has 0 unspecified atom stereocenters. The van der Waals surface area contributed by atoms with E-state index in [9.17, 15) is 36.0 Å². The molecule has 2 fully saturated rings. The Kier molecular flexibility index (Phi) is 11.0. The van der Waals surface area contributed by atoms with E-state index in [0.717, 1.165) is 24.3 Å². The van der Waals surface area contributed by atoms with Gasteiger partial charge in [0.1, 0.15) is 11.5 Å². The van der Waals surface area contributed by atoms with Gasteiger partial charge in [0.15, 0.2) is 0 Å². The molecule has 0 heterocycles. The van der Waals surface area contributed by atoms with Gasteiger partial charge in [0, 0.05) is 62.6 Å². The Morgan fingerprint density at radius 3 is 1.39 bits per heavy atom. The fourth-order valence-electron chi connectivity index (χ4n) is 5.55. The first-order chi connectivity index (χ1) is 39.4. The van der Waals surface area contributed by atoms with Crippen LogP contribution in [0.2, 0.25) is 10.0 Å². The lowest BCUT2D eigenvalue weighted by Crippen LogP contribution is -2.45. The molecule has 356 valence electrons. The van der Waals surface area contributed by atoms with Crippen molar-refractivity contribution in [2.75, 3.05) is 27.3 Å². The predicted octanol–water partition coefficient (Wildman–Crippen LogP) is 7.28. The number of carbonyl (C=O) groups excluding carboxylic acids is 4. The van der Waals surface area contributed by atoms with Gasteiger partial charge >= 0.3 is 12.1 Å². The molecule has 6 rings (SSSR count). The first kappa shape index (κ1) is 29.3. The van der Waals surface area contributed by atoms with E-state index >= 15 is 0 Å². The molecule has 0 saturated heterocycles. The summed E-state index contributed by atoms with van der Waals surface area (Å²) in [6.45, 7) is 0.293. The average Bonchev–Trinajstić information content (AvgIpc) is 0.677. The smallest absolute Gasteiger partial charge is 0.328 e. The van der Waals surface area contributed by atoms with Crippen LogP contribution in [0.4, 0.5) is 9.59 Å². The number of methoxy groups -OCH3 is 2. The number of urea groups is 2. The van der Waals surface area contributed by atoms with Crippen molar-refractivity contribution in [3.63, 3.8) is 0 Å². The van der Waals surface area contributed by atoms with Crippen LogP contribution in [-0.4, -0.2) is 80.1 Å². The van der Waals surface area contributed by atoms with E-state index in [1.54, 1.807) is 28.2 Å². The first-order valence-corrected chi connectivity index (χ1v) is 22.8. The zero-order valence-corrected chi connectivity index (χ0v) is 37.8. The Balaban J connectivity index is 0.000000317. The van der Waals surface area contributed by atoms with Gasteiger partial charge in [-0.3, -0.25) is 9.59 Å². The van der Waals surface area contributed by atoms with Crippen molar-refractivity contribution in [1.29, 1.82) is 0 Å². The zero-order valence-electron chi connectivity index (χ0n) is 55.6. The molecule has 0 radical (unpaired) electrons. The molecule has 0 bridgehead atoms. The van der Waals surface area contributed by atoms with E-state index in [2.05, 4.69) is 10.6 Å². The minimum Gasteiger partial charge on any atom is -0.496 e. The van der Waals surface area contributed by atoms with Crippen molar-refractivity contribution < 1.29 is 74.3 Å². The van der Waals surface area contributed by atoms with Gasteiger partial charge in [0.05, 0.1) is 36.5 Å². The molecule has 66 heavy (non-hydrogen) atoms. The molecular weight excluding hydrogens is 932 g/mol. The van der Waals surface area contributed by atoms with Gasteiger partial charge in [0.2, 0.25) is 0 Å². The van der Waals surface area contributed by atoms with E-state index in [1.165, 1.54) is 66.7 Å². The third-order valence-corrected chi connectivity index (χ3v) is 11.9. The van der Waals surface area contributed by atoms with Crippen LogP contribution in [0.25, 0.3) is 0 Å². The predicted molar refractivity (Wildman–Crippen MR) is 252 cm³/mol. The Morgan fingerprint density at radius 1 is 0.591 bits per heavy atom. The molecule has 2 aliphatic rings. The quantitative estimate of drug-likeness (QED) is 0.0657. The molecule has 16 nitrogen and oxygen atoms in total. The standard InChI is InChI=1S/2C23H28ClN3O5S/c2*1-32-21-12-9-17(24)15-20(21)22(28)25-14-13-16-7-10-19(11-8-16)33(30,31)27-23(29)26-18-5-3-2-4-6-18/h2*7-12,15,18H,2-6,13-14H2,1H3,(H,25,28)(H2,26,27,29)/i2D2,3D2,4D2,5D2,6D2,18D;2D2,3D2,4D2,5D2,6D2. The SMILES string of the molecule is [2H]C1([2H])C(NC(=O)NS(=O)(=O)c2ccc(CCNC(=O)c3cc(Cl)ccc3OC)cc2)C([2H])([2H])C([2H])([2H])C([2H])([2H])C1([2H])[2H].[2H]C1([2H])C([2H])([2H])C([2H])([2H])C([2H])(NC(=O)NS(=O)(=O)c2ccc(CCNC(=O)c3cc(Cl)ccc3OC)cc2)C([2H])([2H])C1([2H])[2H]. The summed E-state index contributed by atoms with van der Waals surface area (Å²) in [6, 6.07) is 9.04. The number of hydrogen-bond acceptors (Lipinski definition) is 10. The Labute approximate surface area is 425 Å². The Hall–Kier alpha value is -5.56. The van der Waals surface area contributed by atoms with Crippen LogP contribution in [0, 0.1) is 0 Å². The number of sulfonamides is 2. The summed E-state index contributed by atoms with van der Waals surface area (Å²) in [6.07, 6.45) is -36.8. The molecule has 4 aromatic carbocycles. The van der Waals surface area contributed by atoms with E-state index in [4.69, 9.17) is 61.5 Å². The summed E-state index contributed by atoms with van der Waals surface area (Å²) in [5.74, 6) is -0.279. The highest BCUT2D eigenvalue weighted by Gasteiger charge is 2.23. The largest absolute Gasteiger partial charge is 0.496 e. The normalized spacial score (nSPS) is 27.2. The van der Waals surface area contributed by atoms with Crippen LogP contribution in [0.15, 0.2) is 94.7 Å². The van der Waals surface area contributed by atoms with Crippen LogP contribution < -0.4 is 40.2 Å². The lowest BCUT2D eigenvalue weighted by molar-refractivity contribution is 0.0942. The maximum Gasteiger partial charge on any atom is 0.328 e. The minimum absolute atomic E-state index is 0.135. The summed E-state index contributed by atoms with van der Waals surface area (Å²) < 4.78 is 232. The Bertz CT molecular complexity index is 3460. The number of carbonyl (C=O) groups is 4. The second-order valence-electron chi connectivity index (χ2n) is 13.2. The van der Waals surface area contributed by atoms with Gasteiger partial charge in [0.25, 0.3) is 31.9 Å². The van der Waals surface area contributed by atoms with Gasteiger partial charge in [-0.2, -0.15) is 0 Å². The summed E-state index contributed by atoms with van der Waals surface area (Å²) in [4.78, 5) is 49.4. The number of halogens is 2. The third-order valence-electron chi connectivity index (χ3n) is 8.70. The minimum atomic E-state index is -4.74. The van der Waals surface area contributed by atoms with Crippen molar-refractivity contribution in [2.24, 2.45) is 0 Å². The monoisotopic (exact) mass is 1010 g/mol. The third kappa shape index (κ3) is 15.8. The van der Waals surface area contributed by atoms with Crippen LogP contribution in [0.5, 0.6) is 11.5 Å². The maximum atomic E-state index is 12.8. The van der Waals surface area contributed by atoms with Crippen LogP contribution >= 0.6 is 23.2 Å². The van der Waals surface area contributed by atoms with Gasteiger partial charge in [-0.15, -0.1) is 0 Å². The van der Waals surface area contributed by atoms with Gasteiger partial charge < -0.3 is 30.7 Å². The number of rotatable bonds is 16. The number of nitrogens with one attached hydrogen (secondary N) is 6. The van der Waals surface area contributed by atoms with Gasteiger partial charge in [-0.25, -0.2) is 35.9 Å². The highest BCUT2D eigenvalue weighted by molar-refractivity contribution is 7.90. The second-order valence-corrected chi connectivity index (χ2v) is 17.5. The lowest BCUT2D eigenvalue weighted by Gasteiger charge is -2.22. The van der Waals surface area contributed by atoms with Gasteiger partial charge in [-0.05, 0) is 110 Å². The summed E-state index contributed by atoms with van der Waals surface area (Å²) in [5.41, 5.74) is 1.60. The molecule has 0 aliphatic heterocycles. The lowest BCUT2D eigenvalue weighted by atomic mass is 9.96. The number of hydrogen-bond donors (Lipinski definition) is 6. The fourth-order valence-corrected chi connectivity index (χ4v) is 7.71.